The first kappa shape index (κ1) is 22.1. The number of nitrogens with one attached hydrogen (secondary N) is 2. The molecule has 0 spiro atoms. The number of urea groups is 1. The predicted octanol–water partition coefficient (Wildman–Crippen LogP) is 2.77. The summed E-state index contributed by atoms with van der Waals surface area (Å²) in [6.07, 6.45) is 0. The number of imide groups is 1. The highest BCUT2D eigenvalue weighted by Crippen LogP contribution is 2.19. The maximum absolute atomic E-state index is 13.6. The predicted molar refractivity (Wildman–Crippen MR) is 115 cm³/mol. The number of nitrogen functional groups attached to an aromatic ring is 1. The molecule has 0 unspecified atom stereocenters. The fraction of sp³-hybridized carbons (Fsp3) is 0.200. The number of rotatable bonds is 7. The van der Waals surface area contributed by atoms with Gasteiger partial charge in [-0.3, -0.25) is 10.1 Å². The van der Waals surface area contributed by atoms with E-state index in [1.54, 1.807) is 18.2 Å². The Kier molecular flexibility index (Phi) is 7.08. The van der Waals surface area contributed by atoms with Crippen LogP contribution in [-0.4, -0.2) is 32.6 Å². The summed E-state index contributed by atoms with van der Waals surface area (Å²) >= 11 is 0.996. The number of halogens is 1. The summed E-state index contributed by atoms with van der Waals surface area (Å²) in [6.45, 7) is 3.79. The number of nitrogens with two attached hydrogens (primary N) is 1. The van der Waals surface area contributed by atoms with E-state index in [2.05, 4.69) is 20.8 Å². The molecule has 0 saturated heterocycles. The standard InChI is InChI=1S/C20H21FN6O3S/c1-12-7-8-14(9-13(12)2)23-19(29)24-18(28)11-31-20-26-25-17(27(20)22)10-30-16-6-4-3-5-15(16)21/h3-9H,10-11,22H2,1-2H3,(H2,23,24,28,29). The largest absolute Gasteiger partial charge is 0.482 e. The molecule has 4 N–H and O–H groups in total. The first-order valence-corrected chi connectivity index (χ1v) is 10.2. The summed E-state index contributed by atoms with van der Waals surface area (Å²) in [4.78, 5) is 24.0. The topological polar surface area (TPSA) is 124 Å². The lowest BCUT2D eigenvalue weighted by atomic mass is 10.1. The van der Waals surface area contributed by atoms with Crippen molar-refractivity contribution in [2.45, 2.75) is 25.6 Å². The summed E-state index contributed by atoms with van der Waals surface area (Å²) in [5.41, 5.74) is 2.71. The van der Waals surface area contributed by atoms with Crippen molar-refractivity contribution in [3.8, 4) is 5.75 Å². The Balaban J connectivity index is 1.48. The third-order valence-corrected chi connectivity index (χ3v) is 5.22. The first-order valence-electron chi connectivity index (χ1n) is 9.21. The second-order valence-electron chi connectivity index (χ2n) is 6.58. The van der Waals surface area contributed by atoms with Crippen LogP contribution in [0.25, 0.3) is 0 Å². The average Bonchev–Trinajstić information content (AvgIpc) is 3.08. The average molecular weight is 444 g/mol. The van der Waals surface area contributed by atoms with Gasteiger partial charge < -0.3 is 15.9 Å². The molecule has 9 nitrogen and oxygen atoms in total. The van der Waals surface area contributed by atoms with E-state index in [4.69, 9.17) is 10.6 Å². The number of aromatic nitrogens is 3. The van der Waals surface area contributed by atoms with E-state index in [0.717, 1.165) is 27.6 Å². The molecule has 1 aromatic heterocycles. The van der Waals surface area contributed by atoms with Crippen LogP contribution in [0, 0.1) is 19.7 Å². The van der Waals surface area contributed by atoms with Crippen LogP contribution in [0.1, 0.15) is 17.0 Å². The van der Waals surface area contributed by atoms with Crippen LogP contribution < -0.4 is 21.2 Å². The van der Waals surface area contributed by atoms with Crippen LogP contribution in [0.2, 0.25) is 0 Å². The van der Waals surface area contributed by atoms with Gasteiger partial charge in [0.25, 0.3) is 0 Å². The number of hydrogen-bond acceptors (Lipinski definition) is 7. The molecule has 0 aliphatic carbocycles. The van der Waals surface area contributed by atoms with E-state index in [1.165, 1.54) is 12.1 Å². The lowest BCUT2D eigenvalue weighted by Crippen LogP contribution is -2.35. The molecule has 31 heavy (non-hydrogen) atoms. The Morgan fingerprint density at radius 1 is 1.16 bits per heavy atom. The van der Waals surface area contributed by atoms with E-state index < -0.39 is 17.8 Å². The number of carbonyl (C=O) groups excluding carboxylic acids is 2. The number of anilines is 1. The number of carbonyl (C=O) groups is 2. The van der Waals surface area contributed by atoms with Crippen LogP contribution in [0.3, 0.4) is 0 Å². The molecule has 162 valence electrons. The summed E-state index contributed by atoms with van der Waals surface area (Å²) < 4.78 is 20.1. The number of benzene rings is 2. The number of thioether (sulfide) groups is 1. The molecule has 1 heterocycles. The normalized spacial score (nSPS) is 10.5. The van der Waals surface area contributed by atoms with Crippen LogP contribution >= 0.6 is 11.8 Å². The van der Waals surface area contributed by atoms with Crippen molar-refractivity contribution in [1.82, 2.24) is 20.2 Å². The number of para-hydroxylation sites is 1. The van der Waals surface area contributed by atoms with Gasteiger partial charge in [0.15, 0.2) is 17.4 Å². The van der Waals surface area contributed by atoms with Crippen molar-refractivity contribution in [1.29, 1.82) is 0 Å². The zero-order valence-electron chi connectivity index (χ0n) is 16.9. The molecule has 11 heteroatoms. The fourth-order valence-corrected chi connectivity index (χ4v) is 3.16. The lowest BCUT2D eigenvalue weighted by Gasteiger charge is -2.09. The van der Waals surface area contributed by atoms with Gasteiger partial charge in [0.05, 0.1) is 5.75 Å². The van der Waals surface area contributed by atoms with Gasteiger partial charge in [0.1, 0.15) is 6.61 Å². The Morgan fingerprint density at radius 3 is 2.68 bits per heavy atom. The summed E-state index contributed by atoms with van der Waals surface area (Å²) in [5, 5.41) is 12.9. The third-order valence-electron chi connectivity index (χ3n) is 4.28. The summed E-state index contributed by atoms with van der Waals surface area (Å²) in [7, 11) is 0. The number of aryl methyl sites for hydroxylation is 2. The lowest BCUT2D eigenvalue weighted by molar-refractivity contribution is -0.117. The quantitative estimate of drug-likeness (QED) is 0.378. The minimum atomic E-state index is -0.637. The van der Waals surface area contributed by atoms with Crippen molar-refractivity contribution in [2.75, 3.05) is 16.9 Å². The van der Waals surface area contributed by atoms with E-state index in [0.29, 0.717) is 5.69 Å². The summed E-state index contributed by atoms with van der Waals surface area (Å²) in [5.74, 6) is 5.08. The van der Waals surface area contributed by atoms with Crippen LogP contribution in [0.5, 0.6) is 5.75 Å². The van der Waals surface area contributed by atoms with Crippen molar-refractivity contribution in [2.24, 2.45) is 0 Å². The second-order valence-corrected chi connectivity index (χ2v) is 7.52. The van der Waals surface area contributed by atoms with Crippen LogP contribution in [-0.2, 0) is 11.4 Å². The molecule has 2 aromatic carbocycles. The molecule has 0 aliphatic heterocycles. The molecular formula is C20H21FN6O3S. The van der Waals surface area contributed by atoms with Crippen LogP contribution in [0.15, 0.2) is 47.6 Å². The molecule has 0 fully saturated rings. The maximum atomic E-state index is 13.6. The second kappa shape index (κ2) is 9.94. The number of hydrogen-bond donors (Lipinski definition) is 3. The third kappa shape index (κ3) is 5.95. The van der Waals surface area contributed by atoms with Gasteiger partial charge in [-0.2, -0.15) is 0 Å². The van der Waals surface area contributed by atoms with Gasteiger partial charge in [0.2, 0.25) is 11.1 Å². The Hall–Kier alpha value is -3.60. The van der Waals surface area contributed by atoms with E-state index >= 15 is 0 Å². The van der Waals surface area contributed by atoms with E-state index in [-0.39, 0.29) is 29.1 Å². The van der Waals surface area contributed by atoms with Gasteiger partial charge in [-0.15, -0.1) is 10.2 Å². The molecule has 0 radical (unpaired) electrons. The molecule has 0 bridgehead atoms. The van der Waals surface area contributed by atoms with Crippen molar-refractivity contribution < 1.29 is 18.7 Å². The maximum Gasteiger partial charge on any atom is 0.325 e. The van der Waals surface area contributed by atoms with Crippen molar-refractivity contribution in [3.05, 3.63) is 65.2 Å². The highest BCUT2D eigenvalue weighted by molar-refractivity contribution is 7.99. The van der Waals surface area contributed by atoms with Crippen molar-refractivity contribution in [3.63, 3.8) is 0 Å². The van der Waals surface area contributed by atoms with Gasteiger partial charge >= 0.3 is 6.03 Å². The Morgan fingerprint density at radius 2 is 1.94 bits per heavy atom. The molecular weight excluding hydrogens is 423 g/mol. The molecule has 3 amide bonds. The minimum absolute atomic E-state index is 0.0638. The Bertz CT molecular complexity index is 1100. The van der Waals surface area contributed by atoms with Crippen LogP contribution in [0.4, 0.5) is 14.9 Å². The molecule has 0 atom stereocenters. The number of ether oxygens (including phenoxy) is 1. The molecule has 0 aliphatic rings. The van der Waals surface area contributed by atoms with Gasteiger partial charge in [-0.25, -0.2) is 13.9 Å². The zero-order chi connectivity index (χ0) is 22.4. The monoisotopic (exact) mass is 444 g/mol. The SMILES string of the molecule is Cc1ccc(NC(=O)NC(=O)CSc2nnc(COc3ccccc3F)n2N)cc1C. The molecule has 3 rings (SSSR count). The first-order chi connectivity index (χ1) is 14.8. The molecule has 0 saturated carbocycles. The van der Waals surface area contributed by atoms with Crippen molar-refractivity contribution >= 4 is 29.4 Å². The summed E-state index contributed by atoms with van der Waals surface area (Å²) in [6, 6.07) is 10.8. The van der Waals surface area contributed by atoms with Gasteiger partial charge in [-0.05, 0) is 49.2 Å². The van der Waals surface area contributed by atoms with Gasteiger partial charge in [0, 0.05) is 5.69 Å². The fourth-order valence-electron chi connectivity index (χ4n) is 2.48. The number of amides is 3. The highest BCUT2D eigenvalue weighted by atomic mass is 32.2. The van der Waals surface area contributed by atoms with Gasteiger partial charge in [-0.1, -0.05) is 30.0 Å². The Labute approximate surface area is 182 Å². The minimum Gasteiger partial charge on any atom is -0.482 e. The zero-order valence-corrected chi connectivity index (χ0v) is 17.7. The van der Waals surface area contributed by atoms with E-state index in [1.807, 2.05) is 26.0 Å². The number of nitrogens with zero attached hydrogens (tertiary/aromatic N) is 3. The highest BCUT2D eigenvalue weighted by Gasteiger charge is 2.15. The molecule has 3 aromatic rings. The smallest absolute Gasteiger partial charge is 0.325 e. The van der Waals surface area contributed by atoms with E-state index in [9.17, 15) is 14.0 Å².